The molecule has 0 saturated heterocycles. The third-order valence-corrected chi connectivity index (χ3v) is 8.85. The number of rotatable bonds is 8. The zero-order chi connectivity index (χ0) is 26.3. The summed E-state index contributed by atoms with van der Waals surface area (Å²) in [7, 11) is -1.14. The van der Waals surface area contributed by atoms with E-state index in [1.165, 1.54) is 0 Å². The molecular formula is C27H33ClN6O2Si. The van der Waals surface area contributed by atoms with Gasteiger partial charge in [-0.15, -0.1) is 0 Å². The predicted molar refractivity (Wildman–Crippen MR) is 148 cm³/mol. The van der Waals surface area contributed by atoms with E-state index in [-0.39, 0.29) is 11.8 Å². The molecule has 1 atom stereocenters. The molecule has 4 heterocycles. The van der Waals surface area contributed by atoms with Crippen molar-refractivity contribution < 1.29 is 9.53 Å². The van der Waals surface area contributed by atoms with Crippen molar-refractivity contribution in [1.82, 2.24) is 29.2 Å². The van der Waals surface area contributed by atoms with Gasteiger partial charge >= 0.3 is 0 Å². The van der Waals surface area contributed by atoms with Crippen LogP contribution in [0.25, 0.3) is 16.9 Å². The molecule has 37 heavy (non-hydrogen) atoms. The number of benzene rings is 1. The van der Waals surface area contributed by atoms with Crippen molar-refractivity contribution in [3.63, 3.8) is 0 Å². The van der Waals surface area contributed by atoms with Gasteiger partial charge < -0.3 is 14.2 Å². The van der Waals surface area contributed by atoms with E-state index in [4.69, 9.17) is 21.4 Å². The Balaban J connectivity index is 1.32. The van der Waals surface area contributed by atoms with Crippen molar-refractivity contribution >= 4 is 36.6 Å². The SMILES string of the molecule is Cc1cn(COCC[Si](C)(C)C)c2ncnc(-n3cc4c(n3)CN(C(=O)[C@@H](C)c3ccc(Cl)cc3)C4)c12. The number of nitrogens with zero attached hydrogens (tertiary/aromatic N) is 6. The first kappa shape index (κ1) is 25.6. The van der Waals surface area contributed by atoms with Gasteiger partial charge in [0.1, 0.15) is 18.7 Å². The number of aromatic nitrogens is 5. The maximum absolute atomic E-state index is 13.2. The third kappa shape index (κ3) is 5.34. The molecule has 1 amide bonds. The maximum Gasteiger partial charge on any atom is 0.230 e. The van der Waals surface area contributed by atoms with E-state index in [1.54, 1.807) is 6.33 Å². The molecule has 194 valence electrons. The first-order chi connectivity index (χ1) is 17.6. The van der Waals surface area contributed by atoms with E-state index in [9.17, 15) is 4.79 Å². The highest BCUT2D eigenvalue weighted by Gasteiger charge is 2.30. The molecule has 0 N–H and O–H groups in total. The topological polar surface area (TPSA) is 78.1 Å². The van der Waals surface area contributed by atoms with E-state index in [2.05, 4.69) is 42.7 Å². The Labute approximate surface area is 223 Å². The largest absolute Gasteiger partial charge is 0.361 e. The van der Waals surface area contributed by atoms with Crippen LogP contribution in [0.1, 0.15) is 35.2 Å². The number of hydrogen-bond acceptors (Lipinski definition) is 5. The molecule has 1 aliphatic heterocycles. The van der Waals surface area contributed by atoms with E-state index < -0.39 is 8.07 Å². The maximum atomic E-state index is 13.2. The molecule has 8 nitrogen and oxygen atoms in total. The second kappa shape index (κ2) is 10.0. The molecular weight excluding hydrogens is 504 g/mol. The number of carbonyl (C=O) groups is 1. The second-order valence-electron chi connectivity index (χ2n) is 11.0. The average Bonchev–Trinajstić information content (AvgIpc) is 3.53. The summed E-state index contributed by atoms with van der Waals surface area (Å²) in [4.78, 5) is 24.1. The van der Waals surface area contributed by atoms with E-state index >= 15 is 0 Å². The Bertz CT molecular complexity index is 1420. The van der Waals surface area contributed by atoms with Crippen LogP contribution in [0.2, 0.25) is 30.7 Å². The van der Waals surface area contributed by atoms with Crippen LogP contribution in [0.5, 0.6) is 0 Å². The number of hydrogen-bond donors (Lipinski definition) is 0. The number of aryl methyl sites for hydroxylation is 1. The van der Waals surface area contributed by atoms with Gasteiger partial charge in [0.05, 0.1) is 23.5 Å². The molecule has 1 aromatic carbocycles. The number of ether oxygens (including phenoxy) is 1. The minimum atomic E-state index is -1.14. The van der Waals surface area contributed by atoms with Crippen LogP contribution < -0.4 is 0 Å². The Morgan fingerprint density at radius 1 is 1.14 bits per heavy atom. The summed E-state index contributed by atoms with van der Waals surface area (Å²) in [6.07, 6.45) is 5.62. The van der Waals surface area contributed by atoms with Crippen molar-refractivity contribution in [2.24, 2.45) is 0 Å². The molecule has 0 saturated carbocycles. The molecule has 0 aliphatic carbocycles. The highest BCUT2D eigenvalue weighted by molar-refractivity contribution is 6.76. The molecule has 5 rings (SSSR count). The summed E-state index contributed by atoms with van der Waals surface area (Å²) in [5.41, 5.74) is 4.80. The first-order valence-electron chi connectivity index (χ1n) is 12.6. The van der Waals surface area contributed by atoms with Crippen molar-refractivity contribution in [1.29, 1.82) is 0 Å². The molecule has 10 heteroatoms. The number of halogens is 1. The van der Waals surface area contributed by atoms with Crippen LogP contribution in [-0.2, 0) is 29.4 Å². The van der Waals surface area contributed by atoms with Gasteiger partial charge in [0.2, 0.25) is 5.91 Å². The molecule has 0 unspecified atom stereocenters. The highest BCUT2D eigenvalue weighted by atomic mass is 35.5. The quantitative estimate of drug-likeness (QED) is 0.218. The third-order valence-electron chi connectivity index (χ3n) is 6.90. The van der Waals surface area contributed by atoms with Gasteiger partial charge in [-0.25, -0.2) is 14.6 Å². The second-order valence-corrected chi connectivity index (χ2v) is 17.1. The van der Waals surface area contributed by atoms with Crippen molar-refractivity contribution in [2.45, 2.75) is 65.3 Å². The summed E-state index contributed by atoms with van der Waals surface area (Å²) in [6, 6.07) is 8.59. The van der Waals surface area contributed by atoms with Crippen LogP contribution in [0.15, 0.2) is 43.0 Å². The van der Waals surface area contributed by atoms with Gasteiger partial charge in [0.25, 0.3) is 0 Å². The molecule has 1 aliphatic rings. The monoisotopic (exact) mass is 536 g/mol. The Kier molecular flexibility index (Phi) is 6.95. The van der Waals surface area contributed by atoms with Gasteiger partial charge in [-0.3, -0.25) is 4.79 Å². The van der Waals surface area contributed by atoms with Crippen LogP contribution in [0.4, 0.5) is 0 Å². The van der Waals surface area contributed by atoms with Gasteiger partial charge in [0, 0.05) is 44.2 Å². The highest BCUT2D eigenvalue weighted by Crippen LogP contribution is 2.30. The zero-order valence-corrected chi connectivity index (χ0v) is 23.8. The zero-order valence-electron chi connectivity index (χ0n) is 22.0. The lowest BCUT2D eigenvalue weighted by Gasteiger charge is -2.21. The average molecular weight is 537 g/mol. The fourth-order valence-corrected chi connectivity index (χ4v) is 5.58. The van der Waals surface area contributed by atoms with Crippen LogP contribution in [0, 0.1) is 6.92 Å². The van der Waals surface area contributed by atoms with Gasteiger partial charge in [-0.05, 0) is 43.2 Å². The first-order valence-corrected chi connectivity index (χ1v) is 16.7. The van der Waals surface area contributed by atoms with Crippen molar-refractivity contribution in [3.05, 3.63) is 70.4 Å². The summed E-state index contributed by atoms with van der Waals surface area (Å²) in [5.74, 6) is 0.578. The number of amides is 1. The fraction of sp³-hybridized carbons (Fsp3) is 0.407. The van der Waals surface area contributed by atoms with E-state index in [0.717, 1.165) is 51.9 Å². The lowest BCUT2D eigenvalue weighted by molar-refractivity contribution is -0.133. The Morgan fingerprint density at radius 3 is 2.59 bits per heavy atom. The fourth-order valence-electron chi connectivity index (χ4n) is 4.70. The number of carbonyl (C=O) groups excluding carboxylic acids is 1. The molecule has 0 radical (unpaired) electrons. The van der Waals surface area contributed by atoms with Gasteiger partial charge in [-0.1, -0.05) is 43.4 Å². The molecule has 4 aromatic rings. The Hall–Kier alpha value is -3.01. The molecule has 0 fully saturated rings. The van der Waals surface area contributed by atoms with E-state index in [0.29, 0.717) is 24.8 Å². The summed E-state index contributed by atoms with van der Waals surface area (Å²) in [5, 5.41) is 6.44. The molecule has 0 spiro atoms. The minimum Gasteiger partial charge on any atom is -0.361 e. The standard InChI is InChI=1S/C27H33ClN6O2Si/c1-18-12-33(17-36-10-11-37(3,4)5)25-24(18)26(30-16-29-25)34-14-21-13-32(15-23(21)31-34)27(35)19(2)20-6-8-22(28)9-7-20/h6-9,12,14,16,19H,10-11,13,15,17H2,1-5H3/t19-/m0/s1. The molecule has 3 aromatic heterocycles. The van der Waals surface area contributed by atoms with Gasteiger partial charge in [-0.2, -0.15) is 5.10 Å². The van der Waals surface area contributed by atoms with Crippen molar-refractivity contribution in [2.75, 3.05) is 6.61 Å². The van der Waals surface area contributed by atoms with Crippen LogP contribution in [0.3, 0.4) is 0 Å². The number of fused-ring (bicyclic) bond motifs is 2. The summed E-state index contributed by atoms with van der Waals surface area (Å²) in [6.45, 7) is 13.3. The van der Waals surface area contributed by atoms with Crippen LogP contribution in [-0.4, -0.2) is 49.8 Å². The smallest absolute Gasteiger partial charge is 0.230 e. The lowest BCUT2D eigenvalue weighted by Crippen LogP contribution is -2.30. The predicted octanol–water partition coefficient (Wildman–Crippen LogP) is 5.54. The normalized spacial score (nSPS) is 14.4. The lowest BCUT2D eigenvalue weighted by atomic mass is 10.00. The van der Waals surface area contributed by atoms with Crippen molar-refractivity contribution in [3.8, 4) is 5.82 Å². The summed E-state index contributed by atoms with van der Waals surface area (Å²) >= 11 is 6.00. The van der Waals surface area contributed by atoms with E-state index in [1.807, 2.05) is 51.5 Å². The summed E-state index contributed by atoms with van der Waals surface area (Å²) < 4.78 is 9.83. The Morgan fingerprint density at radius 2 is 1.89 bits per heavy atom. The molecule has 0 bridgehead atoms. The van der Waals surface area contributed by atoms with Crippen LogP contribution >= 0.6 is 11.6 Å². The minimum absolute atomic E-state index is 0.0818. The van der Waals surface area contributed by atoms with Gasteiger partial charge in [0.15, 0.2) is 5.82 Å².